The van der Waals surface area contributed by atoms with Crippen molar-refractivity contribution >= 4 is 17.4 Å². The second-order valence-corrected chi connectivity index (χ2v) is 7.20. The standard InChI is InChI=1S/C21H23N3O3S/c1-14-19(28-20(24-14)16-7-5-4-6-8-16)13-23-21(25)22-12-15-9-10-17(26-2)18(11-15)27-3/h4-11H,12-13H2,1-3H3,(H2,22,23,25). The number of benzene rings is 2. The van der Waals surface area contributed by atoms with Crippen molar-refractivity contribution in [2.75, 3.05) is 14.2 Å². The zero-order valence-electron chi connectivity index (χ0n) is 16.1. The van der Waals surface area contributed by atoms with Crippen LogP contribution in [0.5, 0.6) is 11.5 Å². The van der Waals surface area contributed by atoms with Gasteiger partial charge in [-0.3, -0.25) is 0 Å². The number of methoxy groups -OCH3 is 2. The van der Waals surface area contributed by atoms with Crippen molar-refractivity contribution in [1.29, 1.82) is 0 Å². The first-order valence-corrected chi connectivity index (χ1v) is 9.66. The van der Waals surface area contributed by atoms with E-state index in [9.17, 15) is 4.79 Å². The zero-order valence-corrected chi connectivity index (χ0v) is 16.9. The molecule has 146 valence electrons. The minimum absolute atomic E-state index is 0.233. The van der Waals surface area contributed by atoms with Gasteiger partial charge in [0.2, 0.25) is 0 Å². The van der Waals surface area contributed by atoms with Gasteiger partial charge in [0.05, 0.1) is 26.5 Å². The van der Waals surface area contributed by atoms with Gasteiger partial charge in [-0.15, -0.1) is 11.3 Å². The maximum Gasteiger partial charge on any atom is 0.315 e. The summed E-state index contributed by atoms with van der Waals surface area (Å²) in [5, 5.41) is 6.70. The summed E-state index contributed by atoms with van der Waals surface area (Å²) >= 11 is 1.59. The van der Waals surface area contributed by atoms with E-state index in [2.05, 4.69) is 15.6 Å². The average molecular weight is 398 g/mol. The van der Waals surface area contributed by atoms with Crippen molar-refractivity contribution < 1.29 is 14.3 Å². The normalized spacial score (nSPS) is 10.4. The zero-order chi connectivity index (χ0) is 19.9. The van der Waals surface area contributed by atoms with Crippen LogP contribution in [0.3, 0.4) is 0 Å². The Hall–Kier alpha value is -3.06. The molecule has 1 heterocycles. The second-order valence-electron chi connectivity index (χ2n) is 6.12. The molecule has 0 aliphatic heterocycles. The number of amides is 2. The second kappa shape index (κ2) is 9.23. The Morgan fingerprint density at radius 3 is 2.43 bits per heavy atom. The SMILES string of the molecule is COc1ccc(CNC(=O)NCc2sc(-c3ccccc3)nc2C)cc1OC. The van der Waals surface area contributed by atoms with E-state index < -0.39 is 0 Å². The van der Waals surface area contributed by atoms with E-state index in [0.29, 0.717) is 24.6 Å². The van der Waals surface area contributed by atoms with Crippen LogP contribution in [-0.4, -0.2) is 25.2 Å². The van der Waals surface area contributed by atoms with Gasteiger partial charge in [0.15, 0.2) is 11.5 Å². The summed E-state index contributed by atoms with van der Waals surface area (Å²) in [6.07, 6.45) is 0. The molecule has 2 aromatic carbocycles. The van der Waals surface area contributed by atoms with Crippen molar-refractivity contribution in [3.8, 4) is 22.1 Å². The van der Waals surface area contributed by atoms with Crippen molar-refractivity contribution in [2.45, 2.75) is 20.0 Å². The van der Waals surface area contributed by atoms with E-state index >= 15 is 0 Å². The number of hydrogen-bond acceptors (Lipinski definition) is 5. The summed E-state index contributed by atoms with van der Waals surface area (Å²) in [5.41, 5.74) is 2.94. The predicted octanol–water partition coefficient (Wildman–Crippen LogP) is 4.14. The third-order valence-corrected chi connectivity index (χ3v) is 5.43. The molecule has 7 heteroatoms. The number of carbonyl (C=O) groups excluding carboxylic acids is 1. The van der Waals surface area contributed by atoms with Crippen molar-refractivity contribution in [1.82, 2.24) is 15.6 Å². The van der Waals surface area contributed by atoms with Gasteiger partial charge in [0.1, 0.15) is 5.01 Å². The van der Waals surface area contributed by atoms with Crippen LogP contribution in [0.1, 0.15) is 16.1 Å². The molecular formula is C21H23N3O3S. The van der Waals surface area contributed by atoms with E-state index in [1.807, 2.05) is 55.5 Å². The Kier molecular flexibility index (Phi) is 6.49. The van der Waals surface area contributed by atoms with E-state index in [4.69, 9.17) is 9.47 Å². The van der Waals surface area contributed by atoms with E-state index in [-0.39, 0.29) is 6.03 Å². The van der Waals surface area contributed by atoms with Crippen molar-refractivity contribution in [2.24, 2.45) is 0 Å². The molecule has 28 heavy (non-hydrogen) atoms. The third-order valence-electron chi connectivity index (χ3n) is 4.22. The predicted molar refractivity (Wildman–Crippen MR) is 111 cm³/mol. The molecule has 0 atom stereocenters. The average Bonchev–Trinajstić information content (AvgIpc) is 3.11. The molecule has 6 nitrogen and oxygen atoms in total. The van der Waals surface area contributed by atoms with Crippen LogP contribution in [0.25, 0.3) is 10.6 Å². The third kappa shape index (κ3) is 4.80. The van der Waals surface area contributed by atoms with Crippen LogP contribution in [-0.2, 0) is 13.1 Å². The number of rotatable bonds is 7. The fourth-order valence-electron chi connectivity index (χ4n) is 2.69. The van der Waals surface area contributed by atoms with Crippen LogP contribution in [0.2, 0.25) is 0 Å². The van der Waals surface area contributed by atoms with Gasteiger partial charge in [0.25, 0.3) is 0 Å². The lowest BCUT2D eigenvalue weighted by Crippen LogP contribution is -2.34. The number of carbonyl (C=O) groups is 1. The molecule has 2 amide bonds. The summed E-state index contributed by atoms with van der Waals surface area (Å²) in [4.78, 5) is 17.8. The molecule has 3 rings (SSSR count). The fourth-order valence-corrected chi connectivity index (χ4v) is 3.70. The topological polar surface area (TPSA) is 72.5 Å². The number of hydrogen-bond donors (Lipinski definition) is 2. The number of ether oxygens (including phenoxy) is 2. The minimum Gasteiger partial charge on any atom is -0.493 e. The first-order valence-electron chi connectivity index (χ1n) is 8.85. The smallest absolute Gasteiger partial charge is 0.315 e. The molecule has 0 bridgehead atoms. The highest BCUT2D eigenvalue weighted by molar-refractivity contribution is 7.15. The fraction of sp³-hybridized carbons (Fsp3) is 0.238. The van der Waals surface area contributed by atoms with Crippen LogP contribution in [0, 0.1) is 6.92 Å². The first-order chi connectivity index (χ1) is 13.6. The molecule has 0 saturated heterocycles. The highest BCUT2D eigenvalue weighted by Gasteiger charge is 2.11. The van der Waals surface area contributed by atoms with Gasteiger partial charge in [-0.1, -0.05) is 36.4 Å². The van der Waals surface area contributed by atoms with Crippen molar-refractivity contribution in [3.05, 3.63) is 64.7 Å². The van der Waals surface area contributed by atoms with Crippen LogP contribution >= 0.6 is 11.3 Å². The summed E-state index contributed by atoms with van der Waals surface area (Å²) in [6.45, 7) is 2.79. The maximum absolute atomic E-state index is 12.2. The first kappa shape index (κ1) is 19.7. The largest absolute Gasteiger partial charge is 0.493 e. The number of nitrogens with zero attached hydrogens (tertiary/aromatic N) is 1. The Bertz CT molecular complexity index is 941. The Balaban J connectivity index is 1.54. The van der Waals surface area contributed by atoms with Gasteiger partial charge in [0, 0.05) is 17.0 Å². The minimum atomic E-state index is -0.233. The quantitative estimate of drug-likeness (QED) is 0.629. The van der Waals surface area contributed by atoms with E-state index in [1.54, 1.807) is 25.6 Å². The molecule has 0 fully saturated rings. The number of urea groups is 1. The van der Waals surface area contributed by atoms with Crippen molar-refractivity contribution in [3.63, 3.8) is 0 Å². The molecule has 0 aliphatic carbocycles. The Morgan fingerprint density at radius 1 is 1.00 bits per heavy atom. The number of aryl methyl sites for hydroxylation is 1. The summed E-state index contributed by atoms with van der Waals surface area (Å²) in [5.74, 6) is 1.29. The summed E-state index contributed by atoms with van der Waals surface area (Å²) < 4.78 is 10.5. The highest BCUT2D eigenvalue weighted by atomic mass is 32.1. The van der Waals surface area contributed by atoms with Gasteiger partial charge in [-0.25, -0.2) is 9.78 Å². The van der Waals surface area contributed by atoms with Crippen LogP contribution < -0.4 is 20.1 Å². The molecule has 1 aromatic heterocycles. The molecular weight excluding hydrogens is 374 g/mol. The van der Waals surface area contributed by atoms with Crippen LogP contribution in [0.15, 0.2) is 48.5 Å². The molecule has 0 unspecified atom stereocenters. The van der Waals surface area contributed by atoms with Gasteiger partial charge < -0.3 is 20.1 Å². The highest BCUT2D eigenvalue weighted by Crippen LogP contribution is 2.28. The Labute approximate surface area is 168 Å². The Morgan fingerprint density at radius 2 is 1.71 bits per heavy atom. The lowest BCUT2D eigenvalue weighted by atomic mass is 10.2. The molecule has 0 radical (unpaired) electrons. The lowest BCUT2D eigenvalue weighted by Gasteiger charge is -2.11. The number of aromatic nitrogens is 1. The van der Waals surface area contributed by atoms with E-state index in [1.165, 1.54) is 0 Å². The van der Waals surface area contributed by atoms with Gasteiger partial charge in [-0.2, -0.15) is 0 Å². The maximum atomic E-state index is 12.2. The lowest BCUT2D eigenvalue weighted by molar-refractivity contribution is 0.240. The summed E-state index contributed by atoms with van der Waals surface area (Å²) in [7, 11) is 3.18. The molecule has 0 aliphatic rings. The van der Waals surface area contributed by atoms with E-state index in [0.717, 1.165) is 26.7 Å². The summed E-state index contributed by atoms with van der Waals surface area (Å²) in [6, 6.07) is 15.4. The molecule has 0 spiro atoms. The van der Waals surface area contributed by atoms with Crippen LogP contribution in [0.4, 0.5) is 4.79 Å². The molecule has 2 N–H and O–H groups in total. The number of nitrogens with one attached hydrogen (secondary N) is 2. The van der Waals surface area contributed by atoms with Gasteiger partial charge >= 0.3 is 6.03 Å². The molecule has 0 saturated carbocycles. The number of thiazole rings is 1. The monoisotopic (exact) mass is 397 g/mol. The van der Waals surface area contributed by atoms with Gasteiger partial charge in [-0.05, 0) is 24.6 Å². The molecule has 3 aromatic rings.